The highest BCUT2D eigenvalue weighted by atomic mass is 16.5. The number of H-pyrrole nitrogens is 1. The van der Waals surface area contributed by atoms with Gasteiger partial charge < -0.3 is 9.72 Å². The van der Waals surface area contributed by atoms with Crippen molar-refractivity contribution >= 4 is 11.0 Å². The van der Waals surface area contributed by atoms with Crippen LogP contribution < -0.4 is 10.3 Å². The lowest BCUT2D eigenvalue weighted by Gasteiger charge is -2.16. The minimum absolute atomic E-state index is 0.162. The first-order valence-corrected chi connectivity index (χ1v) is 7.99. The van der Waals surface area contributed by atoms with Gasteiger partial charge in [0.15, 0.2) is 5.65 Å². The fourth-order valence-corrected chi connectivity index (χ4v) is 2.62. The van der Waals surface area contributed by atoms with Crippen LogP contribution in [0.3, 0.4) is 0 Å². The number of benzene rings is 1. The molecule has 0 saturated carbocycles. The maximum Gasteiger partial charge on any atom is 0.262 e. The Bertz CT molecular complexity index is 927. The molecule has 2 aromatic heterocycles. The van der Waals surface area contributed by atoms with Gasteiger partial charge in [-0.2, -0.15) is 5.10 Å². The molecule has 0 unspecified atom stereocenters. The maximum absolute atomic E-state index is 12.1. The molecular weight excluding hydrogens is 318 g/mol. The highest BCUT2D eigenvalue weighted by molar-refractivity contribution is 5.72. The zero-order valence-corrected chi connectivity index (χ0v) is 14.4. The summed E-state index contributed by atoms with van der Waals surface area (Å²) in [5.41, 5.74) is 1.58. The molecule has 3 aromatic rings. The van der Waals surface area contributed by atoms with Crippen LogP contribution in [-0.2, 0) is 20.1 Å². The number of aromatic amines is 1. The predicted octanol–water partition coefficient (Wildman–Crippen LogP) is 1.85. The minimum atomic E-state index is -0.162. The molecule has 0 saturated heterocycles. The first kappa shape index (κ1) is 16.9. The number of hydrogen-bond donors (Lipinski definition) is 1. The van der Waals surface area contributed by atoms with Crippen molar-refractivity contribution in [2.75, 3.05) is 13.7 Å². The number of fused-ring (bicyclic) bond motifs is 1. The Kier molecular flexibility index (Phi) is 4.95. The lowest BCUT2D eigenvalue weighted by molar-refractivity contribution is 0.310. The Morgan fingerprint density at radius 2 is 2.08 bits per heavy atom. The van der Waals surface area contributed by atoms with Gasteiger partial charge in [0.05, 0.1) is 12.7 Å². The largest absolute Gasteiger partial charge is 0.490 e. The molecule has 3 rings (SSSR count). The zero-order valence-electron chi connectivity index (χ0n) is 14.4. The highest BCUT2D eigenvalue weighted by Gasteiger charge is 2.10. The van der Waals surface area contributed by atoms with Crippen LogP contribution in [0.25, 0.3) is 11.0 Å². The van der Waals surface area contributed by atoms with Gasteiger partial charge in [0.25, 0.3) is 5.56 Å². The molecule has 1 aromatic carbocycles. The lowest BCUT2D eigenvalue weighted by Crippen LogP contribution is -2.22. The standard InChI is InChI=1S/C18H21N5O2/c1-4-9-25-14-7-5-13(6-8-14)11-22(2)12-16-20-17-15(18(24)21-16)10-19-23(17)3/h4-8,10H,1,9,11-12H2,2-3H3,(H,20,21,24). The van der Waals surface area contributed by atoms with Crippen molar-refractivity contribution in [1.82, 2.24) is 24.6 Å². The van der Waals surface area contributed by atoms with Crippen LogP contribution in [0.1, 0.15) is 11.4 Å². The fourth-order valence-electron chi connectivity index (χ4n) is 2.62. The van der Waals surface area contributed by atoms with Gasteiger partial charge in [-0.3, -0.25) is 14.4 Å². The van der Waals surface area contributed by atoms with E-state index in [-0.39, 0.29) is 5.56 Å². The van der Waals surface area contributed by atoms with Gasteiger partial charge >= 0.3 is 0 Å². The van der Waals surface area contributed by atoms with E-state index in [0.29, 0.717) is 30.0 Å². The average Bonchev–Trinajstić information content (AvgIpc) is 2.96. The van der Waals surface area contributed by atoms with Crippen molar-refractivity contribution in [2.45, 2.75) is 13.1 Å². The molecule has 0 aliphatic rings. The molecule has 1 N–H and O–H groups in total. The van der Waals surface area contributed by atoms with E-state index in [2.05, 4.69) is 26.5 Å². The second-order valence-corrected chi connectivity index (χ2v) is 5.93. The Balaban J connectivity index is 1.68. The molecule has 0 amide bonds. The predicted molar refractivity (Wildman–Crippen MR) is 96.4 cm³/mol. The number of aryl methyl sites for hydroxylation is 1. The third-order valence-electron chi connectivity index (χ3n) is 3.81. The quantitative estimate of drug-likeness (QED) is 0.665. The third kappa shape index (κ3) is 3.95. The number of aromatic nitrogens is 4. The Morgan fingerprint density at radius 3 is 2.80 bits per heavy atom. The monoisotopic (exact) mass is 339 g/mol. The Labute approximate surface area is 145 Å². The number of nitrogens with zero attached hydrogens (tertiary/aromatic N) is 4. The summed E-state index contributed by atoms with van der Waals surface area (Å²) in [5.74, 6) is 1.44. The summed E-state index contributed by atoms with van der Waals surface area (Å²) in [6.07, 6.45) is 3.25. The summed E-state index contributed by atoms with van der Waals surface area (Å²) in [4.78, 5) is 21.5. The van der Waals surface area contributed by atoms with Crippen molar-refractivity contribution in [3.05, 3.63) is 64.9 Å². The van der Waals surface area contributed by atoms with Crippen LogP contribution >= 0.6 is 0 Å². The smallest absolute Gasteiger partial charge is 0.262 e. The number of ether oxygens (including phenoxy) is 1. The van der Waals surface area contributed by atoms with Crippen molar-refractivity contribution < 1.29 is 4.74 Å². The van der Waals surface area contributed by atoms with Gasteiger partial charge in [0, 0.05) is 13.6 Å². The summed E-state index contributed by atoms with van der Waals surface area (Å²) < 4.78 is 7.09. The van der Waals surface area contributed by atoms with E-state index in [4.69, 9.17) is 4.74 Å². The first-order chi connectivity index (χ1) is 12.1. The summed E-state index contributed by atoms with van der Waals surface area (Å²) >= 11 is 0. The molecule has 0 fully saturated rings. The topological polar surface area (TPSA) is 76.0 Å². The van der Waals surface area contributed by atoms with Crippen molar-refractivity contribution in [3.63, 3.8) is 0 Å². The maximum atomic E-state index is 12.1. The van der Waals surface area contributed by atoms with Gasteiger partial charge in [-0.1, -0.05) is 24.8 Å². The van der Waals surface area contributed by atoms with Crippen LogP contribution in [0.15, 0.2) is 47.9 Å². The number of hydrogen-bond acceptors (Lipinski definition) is 5. The first-order valence-electron chi connectivity index (χ1n) is 7.99. The second-order valence-electron chi connectivity index (χ2n) is 5.93. The van der Waals surface area contributed by atoms with Crippen LogP contribution in [-0.4, -0.2) is 38.3 Å². The van der Waals surface area contributed by atoms with Gasteiger partial charge in [-0.05, 0) is 24.7 Å². The summed E-state index contributed by atoms with van der Waals surface area (Å²) in [6.45, 7) is 5.39. The molecule has 0 bridgehead atoms. The molecule has 7 heteroatoms. The normalized spacial score (nSPS) is 11.2. The lowest BCUT2D eigenvalue weighted by atomic mass is 10.2. The molecule has 0 aliphatic heterocycles. The Hall–Kier alpha value is -2.93. The van der Waals surface area contributed by atoms with E-state index in [1.54, 1.807) is 17.8 Å². The molecular formula is C18H21N5O2. The van der Waals surface area contributed by atoms with Crippen LogP contribution in [0.5, 0.6) is 5.75 Å². The highest BCUT2D eigenvalue weighted by Crippen LogP contribution is 2.14. The third-order valence-corrected chi connectivity index (χ3v) is 3.81. The van der Waals surface area contributed by atoms with Gasteiger partial charge in [0.1, 0.15) is 23.6 Å². The van der Waals surface area contributed by atoms with Crippen LogP contribution in [0.2, 0.25) is 0 Å². The average molecular weight is 339 g/mol. The number of rotatable bonds is 7. The molecule has 2 heterocycles. The summed E-state index contributed by atoms with van der Waals surface area (Å²) in [6, 6.07) is 7.92. The SMILES string of the molecule is C=CCOc1ccc(CN(C)Cc2nc3c(cnn3C)c(=O)[nH]2)cc1. The van der Waals surface area contributed by atoms with E-state index in [9.17, 15) is 4.79 Å². The molecule has 0 radical (unpaired) electrons. The molecule has 25 heavy (non-hydrogen) atoms. The van der Waals surface area contributed by atoms with Crippen LogP contribution in [0.4, 0.5) is 0 Å². The van der Waals surface area contributed by atoms with Crippen molar-refractivity contribution in [1.29, 1.82) is 0 Å². The number of nitrogens with one attached hydrogen (secondary N) is 1. The molecule has 130 valence electrons. The Morgan fingerprint density at radius 1 is 1.32 bits per heavy atom. The van der Waals surface area contributed by atoms with Gasteiger partial charge in [-0.25, -0.2) is 4.98 Å². The second kappa shape index (κ2) is 7.31. The van der Waals surface area contributed by atoms with E-state index >= 15 is 0 Å². The molecule has 0 atom stereocenters. The van der Waals surface area contributed by atoms with Crippen molar-refractivity contribution in [2.24, 2.45) is 7.05 Å². The van der Waals surface area contributed by atoms with E-state index in [0.717, 1.165) is 17.9 Å². The molecule has 7 nitrogen and oxygen atoms in total. The van der Waals surface area contributed by atoms with Crippen LogP contribution in [0, 0.1) is 0 Å². The summed E-state index contributed by atoms with van der Waals surface area (Å²) in [7, 11) is 3.76. The van der Waals surface area contributed by atoms with Gasteiger partial charge in [0.2, 0.25) is 0 Å². The minimum Gasteiger partial charge on any atom is -0.490 e. The van der Waals surface area contributed by atoms with E-state index < -0.39 is 0 Å². The van der Waals surface area contributed by atoms with E-state index in [1.807, 2.05) is 31.3 Å². The van der Waals surface area contributed by atoms with Gasteiger partial charge in [-0.15, -0.1) is 0 Å². The fraction of sp³-hybridized carbons (Fsp3) is 0.278. The summed E-state index contributed by atoms with van der Waals surface area (Å²) in [5, 5.41) is 4.58. The molecule has 0 spiro atoms. The molecule has 0 aliphatic carbocycles. The van der Waals surface area contributed by atoms with E-state index in [1.165, 1.54) is 6.20 Å². The zero-order chi connectivity index (χ0) is 17.8. The van der Waals surface area contributed by atoms with Crippen molar-refractivity contribution in [3.8, 4) is 5.75 Å².